The van der Waals surface area contributed by atoms with Crippen LogP contribution in [0, 0.1) is 0 Å². The van der Waals surface area contributed by atoms with Crippen molar-refractivity contribution in [1.82, 2.24) is 29.1 Å². The highest BCUT2D eigenvalue weighted by Gasteiger charge is 2.24. The molecule has 0 N–H and O–H groups in total. The number of para-hydroxylation sites is 4. The zero-order chi connectivity index (χ0) is 32.8. The van der Waals surface area contributed by atoms with Crippen LogP contribution in [0.25, 0.3) is 96.6 Å². The van der Waals surface area contributed by atoms with E-state index < -0.39 is 0 Å². The third-order valence-electron chi connectivity index (χ3n) is 9.62. The lowest BCUT2D eigenvalue weighted by atomic mass is 10.0. The van der Waals surface area contributed by atoms with Crippen LogP contribution < -0.4 is 0 Å². The van der Waals surface area contributed by atoms with E-state index in [-0.39, 0.29) is 0 Å². The van der Waals surface area contributed by atoms with E-state index >= 15 is 0 Å². The van der Waals surface area contributed by atoms with Gasteiger partial charge < -0.3 is 9.13 Å². The molecule has 0 aliphatic rings. The van der Waals surface area contributed by atoms with Crippen molar-refractivity contribution < 1.29 is 0 Å². The molecular weight excluding hydrogens is 653 g/mol. The Morgan fingerprint density at radius 1 is 0.340 bits per heavy atom. The highest BCUT2D eigenvalue weighted by Crippen LogP contribution is 2.46. The third-order valence-corrected chi connectivity index (χ3v) is 11.8. The number of hydrogen-bond donors (Lipinski definition) is 0. The third kappa shape index (κ3) is 3.88. The molecular formula is C42H24N6S2. The van der Waals surface area contributed by atoms with Crippen LogP contribution in [0.15, 0.2) is 146 Å². The maximum Gasteiger partial charge on any atom is 0.101 e. The summed E-state index contributed by atoms with van der Waals surface area (Å²) in [4.78, 5) is 22.0. The molecule has 6 nitrogen and oxygen atoms in total. The normalized spacial score (nSPS) is 12.0. The largest absolute Gasteiger partial charge is 0.301 e. The average Bonchev–Trinajstić information content (AvgIpc) is 3.97. The summed E-state index contributed by atoms with van der Waals surface area (Å²) in [6.45, 7) is 0. The highest BCUT2D eigenvalue weighted by molar-refractivity contribution is 7.18. The van der Waals surface area contributed by atoms with Gasteiger partial charge in [0.1, 0.15) is 32.1 Å². The molecule has 0 atom stereocenters. The molecule has 0 aliphatic carbocycles. The molecule has 5 aromatic carbocycles. The lowest BCUT2D eigenvalue weighted by Gasteiger charge is -2.12. The van der Waals surface area contributed by atoms with Crippen molar-refractivity contribution in [3.8, 4) is 30.9 Å². The number of hydrogen-bond acceptors (Lipinski definition) is 6. The smallest absolute Gasteiger partial charge is 0.101 e. The van der Waals surface area contributed by atoms with Gasteiger partial charge in [-0.3, -0.25) is 19.9 Å². The minimum absolute atomic E-state index is 0.818. The van der Waals surface area contributed by atoms with Crippen molar-refractivity contribution >= 4 is 88.4 Å². The molecule has 11 rings (SSSR count). The van der Waals surface area contributed by atoms with E-state index in [9.17, 15) is 0 Å². The number of fused-ring (bicyclic) bond motifs is 8. The number of benzene rings is 5. The van der Waals surface area contributed by atoms with Gasteiger partial charge in [-0.1, -0.05) is 72.8 Å². The Labute approximate surface area is 293 Å². The Balaban J connectivity index is 1.13. The van der Waals surface area contributed by atoms with Crippen molar-refractivity contribution in [2.75, 3.05) is 0 Å². The predicted octanol–water partition coefficient (Wildman–Crippen LogP) is 11.2. The number of aromatic nitrogens is 6. The van der Waals surface area contributed by atoms with Crippen LogP contribution in [-0.2, 0) is 0 Å². The molecule has 0 radical (unpaired) electrons. The maximum atomic E-state index is 4.97. The van der Waals surface area contributed by atoms with Crippen LogP contribution >= 0.6 is 22.7 Å². The van der Waals surface area contributed by atoms with E-state index in [1.165, 1.54) is 43.6 Å². The molecule has 0 bridgehead atoms. The number of thiophene rings is 2. The van der Waals surface area contributed by atoms with Gasteiger partial charge in [-0.15, -0.1) is 22.7 Å². The van der Waals surface area contributed by atoms with Crippen LogP contribution in [0.3, 0.4) is 0 Å². The summed E-state index contributed by atoms with van der Waals surface area (Å²) in [6, 6.07) is 43.2. The molecule has 0 fully saturated rings. The van der Waals surface area contributed by atoms with Crippen molar-refractivity contribution in [3.05, 3.63) is 146 Å². The van der Waals surface area contributed by atoms with Crippen LogP contribution in [-0.4, -0.2) is 29.1 Å². The minimum Gasteiger partial charge on any atom is -0.301 e. The molecule has 0 unspecified atom stereocenters. The highest BCUT2D eigenvalue weighted by atomic mass is 32.1. The zero-order valence-corrected chi connectivity index (χ0v) is 28.0. The molecule has 6 aromatic heterocycles. The number of rotatable bonds is 4. The summed E-state index contributed by atoms with van der Waals surface area (Å²) in [5, 5.41) is 7.23. The van der Waals surface area contributed by atoms with Crippen LogP contribution in [0.5, 0.6) is 0 Å². The van der Waals surface area contributed by atoms with E-state index in [1.54, 1.807) is 47.5 Å². The molecule has 11 aromatic rings. The predicted molar refractivity (Wildman–Crippen MR) is 208 cm³/mol. The van der Waals surface area contributed by atoms with E-state index in [0.29, 0.717) is 0 Å². The second-order valence-electron chi connectivity index (χ2n) is 12.3. The van der Waals surface area contributed by atoms with Gasteiger partial charge in [-0.25, -0.2) is 0 Å². The quantitative estimate of drug-likeness (QED) is 0.174. The molecule has 6 heterocycles. The van der Waals surface area contributed by atoms with Gasteiger partial charge in [0.05, 0.1) is 22.1 Å². The van der Waals surface area contributed by atoms with Gasteiger partial charge in [-0.2, -0.15) is 0 Å². The Bertz CT molecular complexity index is 2750. The SMILES string of the molecule is c1ccc2c(c1)c1ccccc1n2-c1ccc(-c2c3nccnc3c(-c3ccc(-n4c5ccccc5c5ccccc54)s3)c3nccnc23)s1. The van der Waals surface area contributed by atoms with Gasteiger partial charge in [0.15, 0.2) is 0 Å². The summed E-state index contributed by atoms with van der Waals surface area (Å²) < 4.78 is 4.72. The molecule has 0 amide bonds. The fourth-order valence-electron chi connectivity index (χ4n) is 7.58. The van der Waals surface area contributed by atoms with Crippen molar-refractivity contribution in [2.24, 2.45) is 0 Å². The molecule has 0 saturated heterocycles. The molecule has 8 heteroatoms. The first kappa shape index (κ1) is 27.7. The topological polar surface area (TPSA) is 61.4 Å². The first-order chi connectivity index (χ1) is 24.8. The van der Waals surface area contributed by atoms with Crippen LogP contribution in [0.1, 0.15) is 0 Å². The number of nitrogens with zero attached hydrogens (tertiary/aromatic N) is 6. The molecule has 50 heavy (non-hydrogen) atoms. The van der Waals surface area contributed by atoms with Gasteiger partial charge in [0.25, 0.3) is 0 Å². The second-order valence-corrected chi connectivity index (χ2v) is 14.4. The summed E-state index contributed by atoms with van der Waals surface area (Å²) in [6.07, 6.45) is 7.10. The monoisotopic (exact) mass is 676 g/mol. The molecule has 0 spiro atoms. The van der Waals surface area contributed by atoms with E-state index in [0.717, 1.165) is 53.0 Å². The van der Waals surface area contributed by atoms with Gasteiger partial charge in [0, 0.05) is 67.2 Å². The molecule has 0 saturated carbocycles. The fourth-order valence-corrected chi connectivity index (χ4v) is 9.75. The van der Waals surface area contributed by atoms with Crippen molar-refractivity contribution in [3.63, 3.8) is 0 Å². The van der Waals surface area contributed by atoms with Gasteiger partial charge in [0.2, 0.25) is 0 Å². The Kier molecular flexibility index (Phi) is 5.89. The standard InChI is InChI=1S/C42H24N6S2/c1-5-13-29-25(9-1)26-10-2-6-14-30(26)47(29)35-19-17-33(49-35)37-39-41(45-23-21-43-39)38(42-40(37)44-22-24-46-42)34-18-20-36(50-34)48-31-15-7-3-11-27(31)28-12-4-8-16-32(28)48/h1-24H. The van der Waals surface area contributed by atoms with E-state index in [2.05, 4.69) is 130 Å². The van der Waals surface area contributed by atoms with Gasteiger partial charge in [-0.05, 0) is 48.5 Å². The lowest BCUT2D eigenvalue weighted by Crippen LogP contribution is -1.96. The Morgan fingerprint density at radius 2 is 0.640 bits per heavy atom. The van der Waals surface area contributed by atoms with Gasteiger partial charge >= 0.3 is 0 Å². The van der Waals surface area contributed by atoms with Crippen molar-refractivity contribution in [1.29, 1.82) is 0 Å². The summed E-state index contributed by atoms with van der Waals surface area (Å²) in [5.74, 6) is 0. The Morgan fingerprint density at radius 3 is 0.960 bits per heavy atom. The Hall–Kier alpha value is -6.22. The molecule has 0 aliphatic heterocycles. The van der Waals surface area contributed by atoms with E-state index in [4.69, 9.17) is 19.9 Å². The van der Waals surface area contributed by atoms with Crippen molar-refractivity contribution in [2.45, 2.75) is 0 Å². The lowest BCUT2D eigenvalue weighted by molar-refractivity contribution is 1.22. The van der Waals surface area contributed by atoms with Crippen LogP contribution in [0.4, 0.5) is 0 Å². The summed E-state index contributed by atoms with van der Waals surface area (Å²) in [7, 11) is 0. The first-order valence-corrected chi connectivity index (χ1v) is 18.0. The summed E-state index contributed by atoms with van der Waals surface area (Å²) in [5.41, 5.74) is 9.91. The first-order valence-electron chi connectivity index (χ1n) is 16.4. The fraction of sp³-hybridized carbons (Fsp3) is 0. The van der Waals surface area contributed by atoms with Crippen LogP contribution in [0.2, 0.25) is 0 Å². The van der Waals surface area contributed by atoms with E-state index in [1.807, 2.05) is 0 Å². The average molecular weight is 677 g/mol. The zero-order valence-electron chi connectivity index (χ0n) is 26.4. The maximum absolute atomic E-state index is 4.97. The summed E-state index contributed by atoms with van der Waals surface area (Å²) >= 11 is 3.47. The minimum atomic E-state index is 0.818. The molecule has 234 valence electrons. The second kappa shape index (κ2) is 10.6.